The van der Waals surface area contributed by atoms with Crippen molar-refractivity contribution in [3.63, 3.8) is 0 Å². The number of fused-ring (bicyclic) bond motifs is 1. The van der Waals surface area contributed by atoms with Crippen LogP contribution in [0.1, 0.15) is 29.1 Å². The summed E-state index contributed by atoms with van der Waals surface area (Å²) in [5.41, 5.74) is 1.08. The quantitative estimate of drug-likeness (QED) is 0.804. The zero-order chi connectivity index (χ0) is 14.2. The van der Waals surface area contributed by atoms with E-state index in [1.54, 1.807) is 29.8 Å². The van der Waals surface area contributed by atoms with Crippen LogP contribution in [0.2, 0.25) is 0 Å². The first kappa shape index (κ1) is 12.9. The van der Waals surface area contributed by atoms with Crippen molar-refractivity contribution in [2.75, 3.05) is 0 Å². The Balaban J connectivity index is 1.85. The molecule has 3 heterocycles. The van der Waals surface area contributed by atoms with Gasteiger partial charge in [0.1, 0.15) is 5.65 Å². The van der Waals surface area contributed by atoms with Gasteiger partial charge in [-0.05, 0) is 37.4 Å². The summed E-state index contributed by atoms with van der Waals surface area (Å²) < 4.78 is 1.84. The van der Waals surface area contributed by atoms with E-state index in [4.69, 9.17) is 0 Å². The maximum Gasteiger partial charge on any atom is 0.253 e. The largest absolute Gasteiger partial charge is 0.342 e. The molecule has 1 amide bonds. The van der Waals surface area contributed by atoms with Crippen molar-refractivity contribution in [2.45, 2.75) is 19.4 Å². The van der Waals surface area contributed by atoms with E-state index in [2.05, 4.69) is 10.3 Å². The van der Waals surface area contributed by atoms with Crippen LogP contribution in [0.3, 0.4) is 0 Å². The van der Waals surface area contributed by atoms with Gasteiger partial charge in [0.2, 0.25) is 0 Å². The average molecular weight is 285 g/mol. The van der Waals surface area contributed by atoms with Gasteiger partial charge in [0.25, 0.3) is 5.91 Å². The molecule has 0 aliphatic carbocycles. The number of hydrogen-bond donors (Lipinski definition) is 1. The molecule has 20 heavy (non-hydrogen) atoms. The SMILES string of the molecule is CC(C)(NC(=O)c1ccc2nccn2c1)c1cccs1. The molecule has 5 heteroatoms. The summed E-state index contributed by atoms with van der Waals surface area (Å²) in [4.78, 5) is 17.7. The lowest BCUT2D eigenvalue weighted by Gasteiger charge is -2.25. The molecule has 102 valence electrons. The number of rotatable bonds is 3. The van der Waals surface area contributed by atoms with Crippen LogP contribution in [0.5, 0.6) is 0 Å². The van der Waals surface area contributed by atoms with E-state index in [-0.39, 0.29) is 11.4 Å². The fraction of sp³-hybridized carbons (Fsp3) is 0.200. The summed E-state index contributed by atoms with van der Waals surface area (Å²) in [6.45, 7) is 4.01. The summed E-state index contributed by atoms with van der Waals surface area (Å²) >= 11 is 1.64. The molecule has 0 saturated heterocycles. The van der Waals surface area contributed by atoms with Gasteiger partial charge in [-0.25, -0.2) is 4.98 Å². The van der Waals surface area contributed by atoms with Gasteiger partial charge in [0.05, 0.1) is 11.1 Å². The number of carbonyl (C=O) groups is 1. The standard InChI is InChI=1S/C15H15N3OS/c1-15(2,12-4-3-9-20-12)17-14(19)11-5-6-13-16-7-8-18(13)10-11/h3-10H,1-2H3,(H,17,19). The summed E-state index contributed by atoms with van der Waals surface area (Å²) in [6, 6.07) is 7.66. The lowest BCUT2D eigenvalue weighted by atomic mass is 10.0. The number of thiophene rings is 1. The third-order valence-electron chi connectivity index (χ3n) is 3.21. The van der Waals surface area contributed by atoms with E-state index in [9.17, 15) is 4.79 Å². The fourth-order valence-electron chi connectivity index (χ4n) is 2.11. The highest BCUT2D eigenvalue weighted by Crippen LogP contribution is 2.25. The average Bonchev–Trinajstić information content (AvgIpc) is 3.09. The summed E-state index contributed by atoms with van der Waals surface area (Å²) in [5, 5.41) is 5.08. The lowest BCUT2D eigenvalue weighted by molar-refractivity contribution is 0.0913. The van der Waals surface area contributed by atoms with Gasteiger partial charge >= 0.3 is 0 Å². The molecule has 3 aromatic heterocycles. The minimum atomic E-state index is -0.380. The van der Waals surface area contributed by atoms with E-state index < -0.39 is 0 Å². The van der Waals surface area contributed by atoms with Crippen molar-refractivity contribution in [1.29, 1.82) is 0 Å². The van der Waals surface area contributed by atoms with Gasteiger partial charge in [-0.1, -0.05) is 6.07 Å². The number of aromatic nitrogens is 2. The Kier molecular flexibility index (Phi) is 3.06. The zero-order valence-electron chi connectivity index (χ0n) is 11.3. The number of pyridine rings is 1. The van der Waals surface area contributed by atoms with Crippen molar-refractivity contribution < 1.29 is 4.79 Å². The fourth-order valence-corrected chi connectivity index (χ4v) is 2.91. The van der Waals surface area contributed by atoms with Crippen LogP contribution < -0.4 is 5.32 Å². The summed E-state index contributed by atoms with van der Waals surface area (Å²) in [5.74, 6) is -0.0843. The highest BCUT2D eigenvalue weighted by molar-refractivity contribution is 7.10. The van der Waals surface area contributed by atoms with Crippen molar-refractivity contribution in [1.82, 2.24) is 14.7 Å². The maximum absolute atomic E-state index is 12.4. The van der Waals surface area contributed by atoms with Gasteiger partial charge in [-0.15, -0.1) is 11.3 Å². The van der Waals surface area contributed by atoms with Crippen LogP contribution in [0.25, 0.3) is 5.65 Å². The van der Waals surface area contributed by atoms with Gasteiger partial charge in [-0.2, -0.15) is 0 Å². The van der Waals surface area contributed by atoms with E-state index in [0.717, 1.165) is 10.5 Å². The third-order valence-corrected chi connectivity index (χ3v) is 4.41. The smallest absolute Gasteiger partial charge is 0.253 e. The van der Waals surface area contributed by atoms with E-state index in [0.29, 0.717) is 5.56 Å². The third kappa shape index (κ3) is 2.32. The van der Waals surface area contributed by atoms with Crippen LogP contribution in [0.15, 0.2) is 48.2 Å². The van der Waals surface area contributed by atoms with Crippen molar-refractivity contribution in [3.8, 4) is 0 Å². The normalized spacial score (nSPS) is 11.7. The van der Waals surface area contributed by atoms with Gasteiger partial charge in [0.15, 0.2) is 0 Å². The molecule has 0 spiro atoms. The molecule has 1 N–H and O–H groups in total. The van der Waals surface area contributed by atoms with E-state index >= 15 is 0 Å². The number of carbonyl (C=O) groups excluding carboxylic acids is 1. The Hall–Kier alpha value is -2.14. The Bertz CT molecular complexity index is 743. The van der Waals surface area contributed by atoms with Gasteiger partial charge in [-0.3, -0.25) is 4.79 Å². The molecule has 3 rings (SSSR count). The van der Waals surface area contributed by atoms with Gasteiger partial charge in [0, 0.05) is 23.5 Å². The van der Waals surface area contributed by atoms with Crippen molar-refractivity contribution in [2.24, 2.45) is 0 Å². The summed E-state index contributed by atoms with van der Waals surface area (Å²) in [6.07, 6.45) is 5.34. The van der Waals surface area contributed by atoms with Crippen LogP contribution in [-0.2, 0) is 5.54 Å². The molecule has 0 unspecified atom stereocenters. The summed E-state index contributed by atoms with van der Waals surface area (Å²) in [7, 11) is 0. The first-order valence-corrected chi connectivity index (χ1v) is 7.23. The second-order valence-electron chi connectivity index (χ2n) is 5.17. The Morgan fingerprint density at radius 1 is 1.35 bits per heavy atom. The van der Waals surface area contributed by atoms with Crippen molar-refractivity contribution >= 4 is 22.9 Å². The highest BCUT2D eigenvalue weighted by Gasteiger charge is 2.24. The molecule has 0 aliphatic rings. The molecular weight excluding hydrogens is 270 g/mol. The lowest BCUT2D eigenvalue weighted by Crippen LogP contribution is -2.40. The number of hydrogen-bond acceptors (Lipinski definition) is 3. The molecule has 0 radical (unpaired) electrons. The Labute approximate surface area is 121 Å². The van der Waals surface area contributed by atoms with Crippen LogP contribution in [0.4, 0.5) is 0 Å². The van der Waals surface area contributed by atoms with Crippen LogP contribution in [-0.4, -0.2) is 15.3 Å². The molecule has 0 fully saturated rings. The number of nitrogens with zero attached hydrogens (tertiary/aromatic N) is 2. The number of imidazole rings is 1. The number of nitrogens with one attached hydrogen (secondary N) is 1. The first-order chi connectivity index (χ1) is 9.56. The molecule has 0 aromatic carbocycles. The first-order valence-electron chi connectivity index (χ1n) is 6.35. The number of amides is 1. The highest BCUT2D eigenvalue weighted by atomic mass is 32.1. The topological polar surface area (TPSA) is 46.4 Å². The molecule has 0 aliphatic heterocycles. The molecule has 0 bridgehead atoms. The minimum absolute atomic E-state index is 0.0843. The maximum atomic E-state index is 12.4. The molecular formula is C15H15N3OS. The van der Waals surface area contributed by atoms with Crippen LogP contribution in [0, 0.1) is 0 Å². The Morgan fingerprint density at radius 2 is 2.20 bits per heavy atom. The predicted octanol–water partition coefficient (Wildman–Crippen LogP) is 3.06. The molecule has 3 aromatic rings. The van der Waals surface area contributed by atoms with E-state index in [1.165, 1.54) is 0 Å². The zero-order valence-corrected chi connectivity index (χ0v) is 12.1. The minimum Gasteiger partial charge on any atom is -0.342 e. The molecule has 4 nitrogen and oxygen atoms in total. The Morgan fingerprint density at radius 3 is 2.95 bits per heavy atom. The molecule has 0 atom stereocenters. The second-order valence-corrected chi connectivity index (χ2v) is 6.11. The van der Waals surface area contributed by atoms with E-state index in [1.807, 2.05) is 48.0 Å². The molecule has 0 saturated carbocycles. The monoisotopic (exact) mass is 285 g/mol. The van der Waals surface area contributed by atoms with Gasteiger partial charge < -0.3 is 9.72 Å². The predicted molar refractivity (Wildman–Crippen MR) is 80.0 cm³/mol. The second kappa shape index (κ2) is 4.76. The van der Waals surface area contributed by atoms with Crippen LogP contribution >= 0.6 is 11.3 Å². The van der Waals surface area contributed by atoms with Crippen molar-refractivity contribution in [3.05, 3.63) is 58.7 Å².